The lowest BCUT2D eigenvalue weighted by atomic mass is 9.84. The van der Waals surface area contributed by atoms with Crippen LogP contribution in [0.15, 0.2) is 0 Å². The molecule has 1 rings (SSSR count). The maximum absolute atomic E-state index is 9.33. The third-order valence-electron chi connectivity index (χ3n) is 3.60. The fraction of sp³-hybridized carbons (Fsp3) is 1.00. The normalized spacial score (nSPS) is 22.3. The van der Waals surface area contributed by atoms with Gasteiger partial charge in [0.2, 0.25) is 0 Å². The summed E-state index contributed by atoms with van der Waals surface area (Å²) in [5.74, 6) is 0.682. The van der Waals surface area contributed by atoms with Crippen molar-refractivity contribution in [3.63, 3.8) is 0 Å². The molecule has 1 aliphatic carbocycles. The van der Waals surface area contributed by atoms with E-state index in [1.54, 1.807) is 0 Å². The van der Waals surface area contributed by atoms with Gasteiger partial charge in [0.25, 0.3) is 0 Å². The maximum atomic E-state index is 9.33. The van der Waals surface area contributed by atoms with E-state index in [0.29, 0.717) is 5.92 Å². The lowest BCUT2D eigenvalue weighted by Gasteiger charge is -2.33. The van der Waals surface area contributed by atoms with Gasteiger partial charge in [-0.15, -0.1) is 0 Å². The Kier molecular flexibility index (Phi) is 5.22. The molecule has 0 amide bonds. The van der Waals surface area contributed by atoms with Crippen LogP contribution in [0.5, 0.6) is 0 Å². The molecule has 0 bridgehead atoms. The number of ether oxygens (including phenoxy) is 1. The molecule has 0 aromatic rings. The first-order valence-corrected chi connectivity index (χ1v) is 6.43. The van der Waals surface area contributed by atoms with Gasteiger partial charge in [0.05, 0.1) is 12.7 Å². The van der Waals surface area contributed by atoms with Gasteiger partial charge in [-0.3, -0.25) is 0 Å². The fourth-order valence-corrected chi connectivity index (χ4v) is 2.26. The number of aliphatic hydroxyl groups is 1. The molecule has 1 saturated carbocycles. The summed E-state index contributed by atoms with van der Waals surface area (Å²) in [5, 5.41) is 9.33. The molecule has 0 saturated heterocycles. The van der Waals surface area contributed by atoms with E-state index in [1.807, 2.05) is 0 Å². The summed E-state index contributed by atoms with van der Waals surface area (Å²) in [6, 6.07) is -0.112. The zero-order chi connectivity index (χ0) is 12.2. The van der Waals surface area contributed by atoms with Crippen LogP contribution in [0.4, 0.5) is 0 Å². The number of nitrogens with two attached hydrogens (primary N) is 1. The summed E-state index contributed by atoms with van der Waals surface area (Å²) in [7, 11) is 0. The molecule has 16 heavy (non-hydrogen) atoms. The second-order valence-electron chi connectivity index (χ2n) is 6.10. The number of hydrogen-bond donors (Lipinski definition) is 2. The van der Waals surface area contributed by atoms with E-state index in [0.717, 1.165) is 6.61 Å². The molecule has 1 aliphatic rings. The SMILES string of the molecule is CC(C)(C)C(N)C(CO)OCC1CCCC1. The van der Waals surface area contributed by atoms with Gasteiger partial charge in [0, 0.05) is 12.6 Å². The van der Waals surface area contributed by atoms with Crippen molar-refractivity contribution < 1.29 is 9.84 Å². The lowest BCUT2D eigenvalue weighted by Crippen LogP contribution is -2.48. The standard InChI is InChI=1S/C13H27NO2/c1-13(2,3)12(14)11(8-15)16-9-10-6-4-5-7-10/h10-12,15H,4-9,14H2,1-3H3. The Morgan fingerprint density at radius 3 is 2.31 bits per heavy atom. The van der Waals surface area contributed by atoms with Crippen LogP contribution in [-0.2, 0) is 4.74 Å². The third-order valence-corrected chi connectivity index (χ3v) is 3.60. The molecule has 3 N–H and O–H groups in total. The molecule has 0 aromatic heterocycles. The van der Waals surface area contributed by atoms with Crippen molar-refractivity contribution in [1.82, 2.24) is 0 Å². The van der Waals surface area contributed by atoms with Crippen molar-refractivity contribution in [2.45, 2.75) is 58.6 Å². The van der Waals surface area contributed by atoms with Gasteiger partial charge in [-0.2, -0.15) is 0 Å². The number of hydrogen-bond acceptors (Lipinski definition) is 3. The molecular formula is C13H27NO2. The second-order valence-corrected chi connectivity index (χ2v) is 6.10. The fourth-order valence-electron chi connectivity index (χ4n) is 2.26. The van der Waals surface area contributed by atoms with E-state index in [4.69, 9.17) is 10.5 Å². The van der Waals surface area contributed by atoms with Gasteiger partial charge in [-0.25, -0.2) is 0 Å². The quantitative estimate of drug-likeness (QED) is 0.757. The van der Waals surface area contributed by atoms with Gasteiger partial charge >= 0.3 is 0 Å². The monoisotopic (exact) mass is 229 g/mol. The Morgan fingerprint density at radius 1 is 1.31 bits per heavy atom. The van der Waals surface area contributed by atoms with E-state index < -0.39 is 0 Å². The number of aliphatic hydroxyl groups excluding tert-OH is 1. The summed E-state index contributed by atoms with van der Waals surface area (Å²) in [4.78, 5) is 0. The van der Waals surface area contributed by atoms with Crippen molar-refractivity contribution in [3.05, 3.63) is 0 Å². The highest BCUT2D eigenvalue weighted by atomic mass is 16.5. The topological polar surface area (TPSA) is 55.5 Å². The highest BCUT2D eigenvalue weighted by molar-refractivity contribution is 4.84. The maximum Gasteiger partial charge on any atom is 0.0961 e. The average molecular weight is 229 g/mol. The molecule has 0 aromatic carbocycles. The smallest absolute Gasteiger partial charge is 0.0961 e. The van der Waals surface area contributed by atoms with Crippen LogP contribution in [0.2, 0.25) is 0 Å². The minimum atomic E-state index is -0.222. The minimum Gasteiger partial charge on any atom is -0.394 e. The highest BCUT2D eigenvalue weighted by Crippen LogP contribution is 2.26. The van der Waals surface area contributed by atoms with E-state index in [9.17, 15) is 5.11 Å². The van der Waals surface area contributed by atoms with Crippen LogP contribution < -0.4 is 5.73 Å². The molecule has 1 fully saturated rings. The number of rotatable bonds is 5. The molecule has 0 radical (unpaired) electrons. The van der Waals surface area contributed by atoms with Crippen molar-refractivity contribution in [2.75, 3.05) is 13.2 Å². The Hall–Kier alpha value is -0.120. The predicted octanol–water partition coefficient (Wildman–Crippen LogP) is 1.93. The molecular weight excluding hydrogens is 202 g/mol. The van der Waals surface area contributed by atoms with Gasteiger partial charge < -0.3 is 15.6 Å². The molecule has 2 atom stereocenters. The first kappa shape index (κ1) is 13.9. The zero-order valence-electron chi connectivity index (χ0n) is 10.9. The van der Waals surface area contributed by atoms with Gasteiger partial charge in [0.15, 0.2) is 0 Å². The molecule has 3 heteroatoms. The highest BCUT2D eigenvalue weighted by Gasteiger charge is 2.30. The van der Waals surface area contributed by atoms with Crippen molar-refractivity contribution in [1.29, 1.82) is 0 Å². The molecule has 0 aliphatic heterocycles. The van der Waals surface area contributed by atoms with Crippen LogP contribution in [0.1, 0.15) is 46.5 Å². The van der Waals surface area contributed by atoms with Crippen LogP contribution in [0, 0.1) is 11.3 Å². The van der Waals surface area contributed by atoms with Crippen LogP contribution in [0.25, 0.3) is 0 Å². The van der Waals surface area contributed by atoms with Gasteiger partial charge in [-0.05, 0) is 24.2 Å². The van der Waals surface area contributed by atoms with Crippen LogP contribution in [0.3, 0.4) is 0 Å². The first-order valence-electron chi connectivity index (χ1n) is 6.43. The summed E-state index contributed by atoms with van der Waals surface area (Å²) >= 11 is 0. The third kappa shape index (κ3) is 4.04. The van der Waals surface area contributed by atoms with Crippen LogP contribution in [-0.4, -0.2) is 30.5 Å². The van der Waals surface area contributed by atoms with Gasteiger partial charge in [-0.1, -0.05) is 33.6 Å². The van der Waals surface area contributed by atoms with Crippen molar-refractivity contribution in [3.8, 4) is 0 Å². The largest absolute Gasteiger partial charge is 0.394 e. The Bertz CT molecular complexity index is 195. The van der Waals surface area contributed by atoms with Gasteiger partial charge in [0.1, 0.15) is 0 Å². The second kappa shape index (κ2) is 5.99. The average Bonchev–Trinajstić information content (AvgIpc) is 2.69. The summed E-state index contributed by atoms with van der Waals surface area (Å²) < 4.78 is 5.79. The predicted molar refractivity (Wildman–Crippen MR) is 66.2 cm³/mol. The zero-order valence-corrected chi connectivity index (χ0v) is 10.9. The Labute approximate surface area is 99.4 Å². The Balaban J connectivity index is 2.36. The van der Waals surface area contributed by atoms with E-state index in [1.165, 1.54) is 25.7 Å². The molecule has 2 unspecified atom stereocenters. The summed E-state index contributed by atoms with van der Waals surface area (Å²) in [5.41, 5.74) is 6.08. The van der Waals surface area contributed by atoms with E-state index >= 15 is 0 Å². The minimum absolute atomic E-state index is 0.0190. The summed E-state index contributed by atoms with van der Waals surface area (Å²) in [6.45, 7) is 7.03. The first-order chi connectivity index (χ1) is 7.45. The van der Waals surface area contributed by atoms with Crippen molar-refractivity contribution >= 4 is 0 Å². The van der Waals surface area contributed by atoms with E-state index in [2.05, 4.69) is 20.8 Å². The molecule has 96 valence electrons. The van der Waals surface area contributed by atoms with E-state index in [-0.39, 0.29) is 24.2 Å². The molecule has 0 heterocycles. The Morgan fingerprint density at radius 2 is 1.88 bits per heavy atom. The lowest BCUT2D eigenvalue weighted by molar-refractivity contribution is -0.0372. The van der Waals surface area contributed by atoms with Crippen LogP contribution >= 0.6 is 0 Å². The molecule has 0 spiro atoms. The summed E-state index contributed by atoms with van der Waals surface area (Å²) in [6.07, 6.45) is 4.96. The van der Waals surface area contributed by atoms with Crippen molar-refractivity contribution in [2.24, 2.45) is 17.1 Å². The molecule has 3 nitrogen and oxygen atoms in total.